The summed E-state index contributed by atoms with van der Waals surface area (Å²) in [6, 6.07) is 3.53. The molecule has 1 heterocycles. The van der Waals surface area contributed by atoms with Crippen LogP contribution in [-0.4, -0.2) is 24.3 Å². The van der Waals surface area contributed by atoms with E-state index in [0.29, 0.717) is 5.82 Å². The van der Waals surface area contributed by atoms with Crippen LogP contribution < -0.4 is 5.73 Å². The van der Waals surface area contributed by atoms with Crippen molar-refractivity contribution >= 4 is 22.2 Å². The summed E-state index contributed by atoms with van der Waals surface area (Å²) in [5, 5.41) is 3.81. The number of aromatic nitrogens is 2. The molecular weight excluding hydrogens is 345 g/mol. The van der Waals surface area contributed by atoms with E-state index in [1.165, 1.54) is 19.1 Å². The van der Waals surface area contributed by atoms with Crippen LogP contribution in [0.4, 0.5) is 4.39 Å². The van der Waals surface area contributed by atoms with Crippen molar-refractivity contribution < 1.29 is 17.3 Å². The summed E-state index contributed by atoms with van der Waals surface area (Å²) in [7, 11) is -3.44. The fraction of sp³-hybridized carbons (Fsp3) is 0.429. The standard InChI is InChI=1S/C14H16FN3O3S.ClH/c1-2-22(19,20)9-4-5-11(15)10(8-9)12-17-13(18-21-12)14(16)6-3-7-14;/h4-5,8H,2-3,6-7,16H2,1H3;1H. The van der Waals surface area contributed by atoms with E-state index in [2.05, 4.69) is 10.1 Å². The first-order chi connectivity index (χ1) is 10.4. The number of nitrogens with zero attached hydrogens (tertiary/aromatic N) is 2. The number of nitrogens with two attached hydrogens (primary N) is 1. The van der Waals surface area contributed by atoms with Crippen LogP contribution >= 0.6 is 12.4 Å². The van der Waals surface area contributed by atoms with Crippen molar-refractivity contribution in [3.63, 3.8) is 0 Å². The third kappa shape index (κ3) is 3.11. The van der Waals surface area contributed by atoms with Crippen LogP contribution in [-0.2, 0) is 15.4 Å². The van der Waals surface area contributed by atoms with E-state index in [1.807, 2.05) is 0 Å². The van der Waals surface area contributed by atoms with Crippen molar-refractivity contribution in [3.8, 4) is 11.5 Å². The highest BCUT2D eigenvalue weighted by molar-refractivity contribution is 7.91. The van der Waals surface area contributed by atoms with E-state index in [0.717, 1.165) is 25.3 Å². The molecule has 2 N–H and O–H groups in total. The van der Waals surface area contributed by atoms with E-state index in [4.69, 9.17) is 10.3 Å². The molecule has 1 aliphatic rings. The first kappa shape index (κ1) is 17.8. The van der Waals surface area contributed by atoms with Crippen LogP contribution in [0.25, 0.3) is 11.5 Å². The normalized spacial score (nSPS) is 16.5. The highest BCUT2D eigenvalue weighted by atomic mass is 35.5. The molecule has 2 aromatic rings. The summed E-state index contributed by atoms with van der Waals surface area (Å²) in [6.45, 7) is 1.53. The number of halogens is 2. The lowest BCUT2D eigenvalue weighted by atomic mass is 9.77. The van der Waals surface area contributed by atoms with Gasteiger partial charge in [-0.05, 0) is 37.5 Å². The Hall–Kier alpha value is -1.51. The van der Waals surface area contributed by atoms with Gasteiger partial charge in [-0.15, -0.1) is 12.4 Å². The Bertz CT molecular complexity index is 818. The predicted octanol–water partition coefficient (Wildman–Crippen LogP) is 2.43. The Kier molecular flexibility index (Phi) is 4.79. The molecule has 0 unspecified atom stereocenters. The highest BCUT2D eigenvalue weighted by Crippen LogP contribution is 2.38. The SMILES string of the molecule is CCS(=O)(=O)c1ccc(F)c(-c2nc(C3(N)CCC3)no2)c1.Cl. The molecule has 0 spiro atoms. The summed E-state index contributed by atoms with van der Waals surface area (Å²) >= 11 is 0. The molecule has 1 aliphatic carbocycles. The molecule has 1 fully saturated rings. The molecule has 6 nitrogen and oxygen atoms in total. The molecule has 0 bridgehead atoms. The Labute approximate surface area is 139 Å². The van der Waals surface area contributed by atoms with Crippen LogP contribution in [0.1, 0.15) is 32.0 Å². The molecule has 9 heteroatoms. The summed E-state index contributed by atoms with van der Waals surface area (Å²) < 4.78 is 42.9. The lowest BCUT2D eigenvalue weighted by Gasteiger charge is -2.34. The highest BCUT2D eigenvalue weighted by Gasteiger charge is 2.39. The van der Waals surface area contributed by atoms with Gasteiger partial charge in [-0.3, -0.25) is 0 Å². The molecule has 0 saturated heterocycles. The molecule has 1 aromatic carbocycles. The van der Waals surface area contributed by atoms with Gasteiger partial charge in [-0.2, -0.15) is 4.98 Å². The third-order valence-corrected chi connectivity index (χ3v) is 5.76. The van der Waals surface area contributed by atoms with Gasteiger partial charge in [-0.1, -0.05) is 12.1 Å². The van der Waals surface area contributed by atoms with Crippen molar-refractivity contribution in [2.24, 2.45) is 5.73 Å². The molecule has 23 heavy (non-hydrogen) atoms. The third-order valence-electron chi connectivity index (χ3n) is 4.02. The largest absolute Gasteiger partial charge is 0.334 e. The topological polar surface area (TPSA) is 99.1 Å². The van der Waals surface area contributed by atoms with Crippen molar-refractivity contribution in [1.29, 1.82) is 0 Å². The first-order valence-corrected chi connectivity index (χ1v) is 8.67. The Morgan fingerprint density at radius 1 is 1.39 bits per heavy atom. The zero-order valence-electron chi connectivity index (χ0n) is 12.5. The molecule has 1 aromatic heterocycles. The monoisotopic (exact) mass is 361 g/mol. The number of rotatable bonds is 4. The zero-order valence-corrected chi connectivity index (χ0v) is 14.1. The molecule has 0 amide bonds. The van der Waals surface area contributed by atoms with Crippen LogP contribution in [0.15, 0.2) is 27.6 Å². The van der Waals surface area contributed by atoms with Crippen molar-refractivity contribution in [2.75, 3.05) is 5.75 Å². The Balaban J connectivity index is 0.00000192. The summed E-state index contributed by atoms with van der Waals surface area (Å²) in [6.07, 6.45) is 2.48. The van der Waals surface area contributed by atoms with Gasteiger partial charge in [0.2, 0.25) is 0 Å². The quantitative estimate of drug-likeness (QED) is 0.839. The van der Waals surface area contributed by atoms with E-state index < -0.39 is 21.2 Å². The van der Waals surface area contributed by atoms with Crippen molar-refractivity contribution in [1.82, 2.24) is 10.1 Å². The minimum atomic E-state index is -3.44. The molecule has 126 valence electrons. The van der Waals surface area contributed by atoms with Crippen LogP contribution in [0.5, 0.6) is 0 Å². The Morgan fingerprint density at radius 3 is 2.65 bits per heavy atom. The lowest BCUT2D eigenvalue weighted by molar-refractivity contribution is 0.229. The van der Waals surface area contributed by atoms with Crippen molar-refractivity contribution in [3.05, 3.63) is 29.8 Å². The number of hydrogen-bond acceptors (Lipinski definition) is 6. The second kappa shape index (κ2) is 6.18. The number of hydrogen-bond donors (Lipinski definition) is 1. The Morgan fingerprint density at radius 2 is 2.09 bits per heavy atom. The molecular formula is C14H17ClFN3O3S. The van der Waals surface area contributed by atoms with E-state index in [1.54, 1.807) is 0 Å². The lowest BCUT2D eigenvalue weighted by Crippen LogP contribution is -2.44. The van der Waals surface area contributed by atoms with E-state index in [-0.39, 0.29) is 34.5 Å². The maximum absolute atomic E-state index is 14.0. The second-order valence-corrected chi connectivity index (χ2v) is 7.76. The predicted molar refractivity (Wildman–Crippen MR) is 84.4 cm³/mol. The summed E-state index contributed by atoms with van der Waals surface area (Å²) in [5.41, 5.74) is 5.45. The maximum atomic E-state index is 14.0. The van der Waals surface area contributed by atoms with Gasteiger partial charge in [0.15, 0.2) is 15.7 Å². The van der Waals surface area contributed by atoms with Gasteiger partial charge in [-0.25, -0.2) is 12.8 Å². The van der Waals surface area contributed by atoms with Gasteiger partial charge < -0.3 is 10.3 Å². The van der Waals surface area contributed by atoms with Gasteiger partial charge in [0, 0.05) is 0 Å². The fourth-order valence-corrected chi connectivity index (χ4v) is 3.25. The van der Waals surface area contributed by atoms with E-state index >= 15 is 0 Å². The van der Waals surface area contributed by atoms with Crippen LogP contribution in [0.3, 0.4) is 0 Å². The number of sulfone groups is 1. The van der Waals surface area contributed by atoms with Gasteiger partial charge in [0.25, 0.3) is 5.89 Å². The molecule has 0 aliphatic heterocycles. The van der Waals surface area contributed by atoms with Crippen LogP contribution in [0, 0.1) is 5.82 Å². The maximum Gasteiger partial charge on any atom is 0.261 e. The fourth-order valence-electron chi connectivity index (χ4n) is 2.34. The molecule has 0 atom stereocenters. The average molecular weight is 362 g/mol. The zero-order chi connectivity index (χ0) is 16.0. The van der Waals surface area contributed by atoms with Crippen molar-refractivity contribution in [2.45, 2.75) is 36.6 Å². The number of benzene rings is 1. The molecule has 0 radical (unpaired) electrons. The van der Waals surface area contributed by atoms with Gasteiger partial charge in [0.1, 0.15) is 5.82 Å². The van der Waals surface area contributed by atoms with Crippen LogP contribution in [0.2, 0.25) is 0 Å². The minimum Gasteiger partial charge on any atom is -0.334 e. The molecule has 3 rings (SSSR count). The first-order valence-electron chi connectivity index (χ1n) is 7.01. The smallest absolute Gasteiger partial charge is 0.261 e. The van der Waals surface area contributed by atoms with Gasteiger partial charge in [0.05, 0.1) is 21.8 Å². The second-order valence-electron chi connectivity index (χ2n) is 5.48. The summed E-state index contributed by atoms with van der Waals surface area (Å²) in [4.78, 5) is 4.17. The minimum absolute atomic E-state index is 0. The van der Waals surface area contributed by atoms with E-state index in [9.17, 15) is 12.8 Å². The summed E-state index contributed by atoms with van der Waals surface area (Å²) in [5.74, 6) is -0.418. The average Bonchev–Trinajstić information content (AvgIpc) is 2.95. The van der Waals surface area contributed by atoms with Gasteiger partial charge >= 0.3 is 0 Å². The molecule has 1 saturated carbocycles.